The van der Waals surface area contributed by atoms with Crippen molar-refractivity contribution < 1.29 is 0 Å². The first-order valence-corrected chi connectivity index (χ1v) is 11.0. The Bertz CT molecular complexity index is 907. The average molecular weight is 381 g/mol. The van der Waals surface area contributed by atoms with Crippen LogP contribution in [0, 0.1) is 5.92 Å². The van der Waals surface area contributed by atoms with E-state index in [9.17, 15) is 4.79 Å². The van der Waals surface area contributed by atoms with Gasteiger partial charge in [-0.3, -0.25) is 4.79 Å². The van der Waals surface area contributed by atoms with Crippen LogP contribution in [-0.4, -0.2) is 29.5 Å². The Hall–Kier alpha value is -1.91. The first kappa shape index (κ1) is 18.5. The Morgan fingerprint density at radius 1 is 1.00 bits per heavy atom. The Morgan fingerprint density at radius 3 is 2.63 bits per heavy atom. The maximum Gasteiger partial charge on any atom is 0.305 e. The Balaban J connectivity index is 1.16. The number of hydrogen-bond acceptors (Lipinski definition) is 3. The fraction of sp³-hybridized carbons (Fsp3) is 0.435. The van der Waals surface area contributed by atoms with Crippen LogP contribution in [0.4, 0.5) is 0 Å². The van der Waals surface area contributed by atoms with Crippen molar-refractivity contribution >= 4 is 21.6 Å². The number of thiazole rings is 1. The van der Waals surface area contributed by atoms with Crippen molar-refractivity contribution in [1.82, 2.24) is 9.88 Å². The summed E-state index contributed by atoms with van der Waals surface area (Å²) < 4.78 is 1.08. The highest BCUT2D eigenvalue weighted by molar-refractivity contribution is 7.16. The summed E-state index contributed by atoms with van der Waals surface area (Å²) in [6, 6.07) is 17.3. The van der Waals surface area contributed by atoms with E-state index in [4.69, 9.17) is 0 Å². The van der Waals surface area contributed by atoms with Crippen molar-refractivity contribution in [2.45, 2.75) is 38.5 Å². The first-order chi connectivity index (χ1) is 13.3. The molecule has 0 aliphatic carbocycles. The van der Waals surface area contributed by atoms with E-state index >= 15 is 0 Å². The van der Waals surface area contributed by atoms with Gasteiger partial charge >= 0.3 is 4.87 Å². The summed E-state index contributed by atoms with van der Waals surface area (Å²) in [7, 11) is 0. The van der Waals surface area contributed by atoms with Crippen molar-refractivity contribution in [3.05, 3.63) is 69.3 Å². The summed E-state index contributed by atoms with van der Waals surface area (Å²) >= 11 is 1.31. The molecule has 142 valence electrons. The van der Waals surface area contributed by atoms with Crippen molar-refractivity contribution in [3.8, 4) is 0 Å². The SMILES string of the molecule is O=c1[nH]c2ccc(CCCCN3CCC(Cc4ccccc4)CC3)cc2s1. The highest BCUT2D eigenvalue weighted by Gasteiger charge is 2.18. The molecule has 3 nitrogen and oxygen atoms in total. The van der Waals surface area contributed by atoms with E-state index in [1.807, 2.05) is 6.07 Å². The molecule has 0 atom stereocenters. The molecule has 0 spiro atoms. The number of H-pyrrole nitrogens is 1. The van der Waals surface area contributed by atoms with Gasteiger partial charge in [-0.05, 0) is 87.3 Å². The number of piperidine rings is 1. The van der Waals surface area contributed by atoms with Gasteiger partial charge in [-0.25, -0.2) is 0 Å². The fourth-order valence-electron chi connectivity index (χ4n) is 4.17. The molecule has 4 rings (SSSR count). The first-order valence-electron chi connectivity index (χ1n) is 10.1. The van der Waals surface area contributed by atoms with E-state index in [1.54, 1.807) is 0 Å². The number of nitrogens with one attached hydrogen (secondary N) is 1. The zero-order valence-electron chi connectivity index (χ0n) is 15.8. The third-order valence-electron chi connectivity index (χ3n) is 5.75. The van der Waals surface area contributed by atoms with Gasteiger partial charge in [0, 0.05) is 0 Å². The lowest BCUT2D eigenvalue weighted by atomic mass is 9.90. The number of nitrogens with zero attached hydrogens (tertiary/aromatic N) is 1. The normalized spacial score (nSPS) is 16.1. The highest BCUT2D eigenvalue weighted by atomic mass is 32.1. The molecule has 1 aliphatic heterocycles. The molecule has 0 radical (unpaired) electrons. The fourth-order valence-corrected chi connectivity index (χ4v) is 4.97. The van der Waals surface area contributed by atoms with E-state index in [1.165, 1.54) is 74.2 Å². The third-order valence-corrected chi connectivity index (χ3v) is 6.59. The lowest BCUT2D eigenvalue weighted by molar-refractivity contribution is 0.181. The van der Waals surface area contributed by atoms with Gasteiger partial charge in [0.1, 0.15) is 0 Å². The molecule has 0 bridgehead atoms. The van der Waals surface area contributed by atoms with Crippen LogP contribution in [0.25, 0.3) is 10.2 Å². The lowest BCUT2D eigenvalue weighted by Crippen LogP contribution is -2.35. The van der Waals surface area contributed by atoms with Crippen molar-refractivity contribution in [2.75, 3.05) is 19.6 Å². The summed E-state index contributed by atoms with van der Waals surface area (Å²) in [6.07, 6.45) is 7.48. The van der Waals surface area contributed by atoms with Crippen LogP contribution in [0.5, 0.6) is 0 Å². The molecule has 0 saturated carbocycles. The smallest absolute Gasteiger partial charge is 0.305 e. The van der Waals surface area contributed by atoms with Gasteiger partial charge in [-0.2, -0.15) is 0 Å². The summed E-state index contributed by atoms with van der Waals surface area (Å²) in [5, 5.41) is 0. The number of hydrogen-bond donors (Lipinski definition) is 1. The minimum Gasteiger partial charge on any atom is -0.312 e. The number of aromatic nitrogens is 1. The summed E-state index contributed by atoms with van der Waals surface area (Å²) in [4.78, 5) is 17.0. The molecule has 1 aliphatic rings. The number of benzene rings is 2. The molecule has 1 N–H and O–H groups in total. The molecule has 27 heavy (non-hydrogen) atoms. The second-order valence-electron chi connectivity index (χ2n) is 7.78. The van der Waals surface area contributed by atoms with Gasteiger partial charge in [0.25, 0.3) is 0 Å². The quantitative estimate of drug-likeness (QED) is 0.594. The van der Waals surface area contributed by atoms with Crippen LogP contribution in [0.2, 0.25) is 0 Å². The van der Waals surface area contributed by atoms with Crippen LogP contribution in [0.1, 0.15) is 36.8 Å². The van der Waals surface area contributed by atoms with Crippen molar-refractivity contribution in [1.29, 1.82) is 0 Å². The topological polar surface area (TPSA) is 36.1 Å². The Morgan fingerprint density at radius 2 is 1.81 bits per heavy atom. The highest BCUT2D eigenvalue weighted by Crippen LogP contribution is 2.22. The maximum absolute atomic E-state index is 11.4. The van der Waals surface area contributed by atoms with Crippen molar-refractivity contribution in [2.24, 2.45) is 5.92 Å². The average Bonchev–Trinajstić information content (AvgIpc) is 3.06. The number of aryl methyl sites for hydroxylation is 1. The number of likely N-dealkylation sites (tertiary alicyclic amines) is 1. The molecule has 1 saturated heterocycles. The Kier molecular flexibility index (Phi) is 6.05. The predicted octanol–water partition coefficient (Wildman–Crippen LogP) is 4.87. The third kappa shape index (κ3) is 5.08. The summed E-state index contributed by atoms with van der Waals surface area (Å²) in [6.45, 7) is 3.72. The van der Waals surface area contributed by atoms with Gasteiger partial charge in [0.15, 0.2) is 0 Å². The van der Waals surface area contributed by atoms with Gasteiger partial charge in [-0.15, -0.1) is 0 Å². The zero-order chi connectivity index (χ0) is 18.5. The molecule has 4 heteroatoms. The van der Waals surface area contributed by atoms with Crippen LogP contribution in [0.3, 0.4) is 0 Å². The second kappa shape index (κ2) is 8.85. The molecule has 0 unspecified atom stereocenters. The van der Waals surface area contributed by atoms with Crippen LogP contribution in [0.15, 0.2) is 53.3 Å². The van der Waals surface area contributed by atoms with Crippen LogP contribution >= 0.6 is 11.3 Å². The number of unbranched alkanes of at least 4 members (excludes halogenated alkanes) is 1. The van der Waals surface area contributed by atoms with Gasteiger partial charge in [0.05, 0.1) is 10.2 Å². The van der Waals surface area contributed by atoms with E-state index in [0.717, 1.165) is 22.6 Å². The largest absolute Gasteiger partial charge is 0.312 e. The molecule has 2 heterocycles. The molecule has 0 amide bonds. The van der Waals surface area contributed by atoms with Gasteiger partial charge in [0.2, 0.25) is 0 Å². The summed E-state index contributed by atoms with van der Waals surface area (Å²) in [5.74, 6) is 0.851. The van der Waals surface area contributed by atoms with E-state index in [2.05, 4.69) is 52.3 Å². The predicted molar refractivity (Wildman–Crippen MR) is 115 cm³/mol. The molecule has 1 aromatic heterocycles. The maximum atomic E-state index is 11.4. The van der Waals surface area contributed by atoms with Crippen LogP contribution < -0.4 is 4.87 Å². The molecule has 2 aromatic carbocycles. The minimum absolute atomic E-state index is 0.0396. The zero-order valence-corrected chi connectivity index (χ0v) is 16.6. The van der Waals surface area contributed by atoms with E-state index in [0.29, 0.717) is 0 Å². The van der Waals surface area contributed by atoms with Crippen molar-refractivity contribution in [3.63, 3.8) is 0 Å². The van der Waals surface area contributed by atoms with Gasteiger partial charge in [-0.1, -0.05) is 47.7 Å². The number of fused-ring (bicyclic) bond motifs is 1. The number of rotatable bonds is 7. The molecule has 1 fully saturated rings. The van der Waals surface area contributed by atoms with E-state index in [-0.39, 0.29) is 4.87 Å². The molecular formula is C23H28N2OS. The molecular weight excluding hydrogens is 352 g/mol. The van der Waals surface area contributed by atoms with Gasteiger partial charge < -0.3 is 9.88 Å². The second-order valence-corrected chi connectivity index (χ2v) is 8.79. The standard InChI is InChI=1S/C23H28N2OS/c26-23-24-21-10-9-19(17-22(21)27-23)8-4-5-13-25-14-11-20(12-15-25)16-18-6-2-1-3-7-18/h1-3,6-7,9-10,17,20H,4-5,8,11-16H2,(H,24,26). The summed E-state index contributed by atoms with van der Waals surface area (Å²) in [5.41, 5.74) is 3.80. The van der Waals surface area contributed by atoms with Crippen LogP contribution in [-0.2, 0) is 12.8 Å². The van der Waals surface area contributed by atoms with E-state index < -0.39 is 0 Å². The monoisotopic (exact) mass is 380 g/mol. The molecule has 3 aromatic rings. The minimum atomic E-state index is 0.0396. The Labute approximate surface area is 165 Å². The number of aromatic amines is 1. The lowest BCUT2D eigenvalue weighted by Gasteiger charge is -2.32.